The molecule has 0 amide bonds. The van der Waals surface area contributed by atoms with Gasteiger partial charge in [-0.05, 0) is 12.8 Å². The number of aliphatic imine (C=N–C) groups is 1. The molecule has 9 heteroatoms. The summed E-state index contributed by atoms with van der Waals surface area (Å²) in [6.45, 7) is 11.4. The molecule has 1 aliphatic rings. The van der Waals surface area contributed by atoms with Gasteiger partial charge < -0.3 is 15.4 Å². The van der Waals surface area contributed by atoms with Gasteiger partial charge in [-0.25, -0.2) is 9.98 Å². The van der Waals surface area contributed by atoms with Gasteiger partial charge in [-0.15, -0.1) is 24.0 Å². The van der Waals surface area contributed by atoms with Gasteiger partial charge in [0, 0.05) is 39.8 Å². The molecule has 1 aromatic heterocycles. The van der Waals surface area contributed by atoms with Crippen LogP contribution in [0.2, 0.25) is 0 Å². The first-order valence-corrected chi connectivity index (χ1v) is 8.34. The maximum atomic E-state index is 5.39. The number of ether oxygens (including phenoxy) is 1. The smallest absolute Gasteiger partial charge is 0.191 e. The van der Waals surface area contributed by atoms with E-state index < -0.39 is 0 Å². The van der Waals surface area contributed by atoms with Crippen molar-refractivity contribution in [2.24, 2.45) is 18.0 Å². The van der Waals surface area contributed by atoms with Crippen LogP contribution in [-0.4, -0.2) is 71.6 Å². The molecular weight excluding hydrogens is 421 g/mol. The van der Waals surface area contributed by atoms with Gasteiger partial charge >= 0.3 is 0 Å². The number of nitrogens with zero attached hydrogens (tertiary/aromatic N) is 5. The zero-order chi connectivity index (χ0) is 16.5. The molecule has 0 saturated carbocycles. The van der Waals surface area contributed by atoms with E-state index in [-0.39, 0.29) is 24.0 Å². The summed E-state index contributed by atoms with van der Waals surface area (Å²) in [5.41, 5.74) is 0. The van der Waals surface area contributed by atoms with E-state index in [2.05, 4.69) is 44.5 Å². The summed E-state index contributed by atoms with van der Waals surface area (Å²) in [6.07, 6.45) is 1.55. The van der Waals surface area contributed by atoms with E-state index >= 15 is 0 Å². The summed E-state index contributed by atoms with van der Waals surface area (Å²) >= 11 is 0. The Balaban J connectivity index is 0.00000288. The Morgan fingerprint density at radius 1 is 1.38 bits per heavy atom. The first-order chi connectivity index (χ1) is 11.2. The van der Waals surface area contributed by atoms with Crippen LogP contribution in [0.25, 0.3) is 0 Å². The number of hydrogen-bond acceptors (Lipinski definition) is 5. The van der Waals surface area contributed by atoms with Crippen LogP contribution in [0, 0.1) is 5.92 Å². The van der Waals surface area contributed by atoms with Gasteiger partial charge in [-0.2, -0.15) is 5.10 Å². The topological polar surface area (TPSA) is 79.6 Å². The van der Waals surface area contributed by atoms with Gasteiger partial charge in [0.15, 0.2) is 5.96 Å². The van der Waals surface area contributed by atoms with Crippen molar-refractivity contribution in [3.8, 4) is 0 Å². The van der Waals surface area contributed by atoms with Crippen molar-refractivity contribution < 1.29 is 4.74 Å². The minimum atomic E-state index is 0. The molecule has 0 aliphatic carbocycles. The quantitative estimate of drug-likeness (QED) is 0.356. The van der Waals surface area contributed by atoms with E-state index in [4.69, 9.17) is 4.74 Å². The average molecular weight is 451 g/mol. The Morgan fingerprint density at radius 2 is 2.12 bits per heavy atom. The fourth-order valence-corrected chi connectivity index (χ4v) is 2.51. The monoisotopic (exact) mass is 451 g/mol. The lowest BCUT2D eigenvalue weighted by Crippen LogP contribution is -2.44. The van der Waals surface area contributed by atoms with E-state index in [1.165, 1.54) is 0 Å². The Hall–Kier alpha value is -0.940. The van der Waals surface area contributed by atoms with Crippen molar-refractivity contribution in [1.82, 2.24) is 30.3 Å². The highest BCUT2D eigenvalue weighted by atomic mass is 127. The van der Waals surface area contributed by atoms with Crippen LogP contribution in [0.4, 0.5) is 0 Å². The third-order valence-electron chi connectivity index (χ3n) is 3.82. The summed E-state index contributed by atoms with van der Waals surface area (Å²) in [4.78, 5) is 11.2. The first-order valence-electron chi connectivity index (χ1n) is 8.34. The Bertz CT molecular complexity index is 488. The highest BCUT2D eigenvalue weighted by Gasteiger charge is 2.14. The predicted octanol–water partition coefficient (Wildman–Crippen LogP) is 0.457. The summed E-state index contributed by atoms with van der Waals surface area (Å²) in [5, 5.41) is 10.7. The molecule has 1 fully saturated rings. The average Bonchev–Trinajstić information content (AvgIpc) is 2.96. The SMILES string of the molecule is CCNC(=NCc1ncnn1C)NCC(C)CN1CCOCC1.I. The van der Waals surface area contributed by atoms with Gasteiger partial charge in [0.25, 0.3) is 0 Å². The molecule has 24 heavy (non-hydrogen) atoms. The van der Waals surface area contributed by atoms with Crippen molar-refractivity contribution in [1.29, 1.82) is 0 Å². The lowest BCUT2D eigenvalue weighted by atomic mass is 10.1. The van der Waals surface area contributed by atoms with Crippen molar-refractivity contribution in [2.45, 2.75) is 20.4 Å². The van der Waals surface area contributed by atoms with Crippen LogP contribution in [0.5, 0.6) is 0 Å². The zero-order valence-corrected chi connectivity index (χ0v) is 17.2. The second-order valence-electron chi connectivity index (χ2n) is 5.89. The maximum absolute atomic E-state index is 5.39. The van der Waals surface area contributed by atoms with Crippen LogP contribution in [0.15, 0.2) is 11.3 Å². The molecule has 2 N–H and O–H groups in total. The summed E-state index contributed by atoms with van der Waals surface area (Å²) < 4.78 is 7.13. The molecule has 2 rings (SSSR count). The largest absolute Gasteiger partial charge is 0.379 e. The van der Waals surface area contributed by atoms with E-state index in [0.29, 0.717) is 12.5 Å². The van der Waals surface area contributed by atoms with Crippen LogP contribution in [-0.2, 0) is 18.3 Å². The van der Waals surface area contributed by atoms with E-state index in [1.807, 2.05) is 7.05 Å². The van der Waals surface area contributed by atoms with Crippen LogP contribution < -0.4 is 10.6 Å². The number of rotatable bonds is 7. The molecule has 1 saturated heterocycles. The van der Waals surface area contributed by atoms with Gasteiger partial charge in [0.2, 0.25) is 0 Å². The molecule has 138 valence electrons. The molecule has 0 bridgehead atoms. The summed E-state index contributed by atoms with van der Waals surface area (Å²) in [7, 11) is 1.88. The van der Waals surface area contributed by atoms with Crippen molar-refractivity contribution in [2.75, 3.05) is 45.9 Å². The summed E-state index contributed by atoms with van der Waals surface area (Å²) in [5.74, 6) is 2.22. The van der Waals surface area contributed by atoms with Crippen molar-refractivity contribution in [3.05, 3.63) is 12.2 Å². The van der Waals surface area contributed by atoms with E-state index in [9.17, 15) is 0 Å². The molecule has 1 atom stereocenters. The number of nitrogens with one attached hydrogen (secondary N) is 2. The third kappa shape index (κ3) is 7.31. The zero-order valence-electron chi connectivity index (χ0n) is 14.9. The molecule has 1 unspecified atom stereocenters. The molecule has 8 nitrogen and oxygen atoms in total. The Kier molecular flexibility index (Phi) is 10.2. The molecular formula is C15H30IN7O. The Labute approximate surface area is 161 Å². The number of guanidine groups is 1. The van der Waals surface area contributed by atoms with Crippen LogP contribution in [0.3, 0.4) is 0 Å². The molecule has 0 aromatic carbocycles. The number of hydrogen-bond donors (Lipinski definition) is 2. The number of morpholine rings is 1. The fourth-order valence-electron chi connectivity index (χ4n) is 2.51. The van der Waals surface area contributed by atoms with Gasteiger partial charge in [0.1, 0.15) is 18.7 Å². The molecule has 2 heterocycles. The standard InChI is InChI=1S/C15H29N7O.HI/c1-4-16-15(18-10-14-19-12-20-21(14)3)17-9-13(2)11-22-5-7-23-8-6-22;/h12-13H,4-11H2,1-3H3,(H2,16,17,18);1H. The number of halogens is 1. The van der Waals surface area contributed by atoms with E-state index in [0.717, 1.165) is 57.7 Å². The third-order valence-corrected chi connectivity index (χ3v) is 3.82. The first kappa shape index (κ1) is 21.1. The highest BCUT2D eigenvalue weighted by molar-refractivity contribution is 14.0. The molecule has 1 aromatic rings. The molecule has 0 spiro atoms. The minimum absolute atomic E-state index is 0. The fraction of sp³-hybridized carbons (Fsp3) is 0.800. The van der Waals surface area contributed by atoms with Gasteiger partial charge in [-0.1, -0.05) is 6.92 Å². The second kappa shape index (κ2) is 11.6. The molecule has 0 radical (unpaired) electrons. The highest BCUT2D eigenvalue weighted by Crippen LogP contribution is 2.02. The number of aryl methyl sites for hydroxylation is 1. The lowest BCUT2D eigenvalue weighted by Gasteiger charge is -2.29. The maximum Gasteiger partial charge on any atom is 0.191 e. The van der Waals surface area contributed by atoms with Gasteiger partial charge in [-0.3, -0.25) is 9.58 Å². The van der Waals surface area contributed by atoms with Crippen molar-refractivity contribution in [3.63, 3.8) is 0 Å². The second-order valence-corrected chi connectivity index (χ2v) is 5.89. The van der Waals surface area contributed by atoms with E-state index in [1.54, 1.807) is 11.0 Å². The number of aromatic nitrogens is 3. The lowest BCUT2D eigenvalue weighted by molar-refractivity contribution is 0.0320. The van der Waals surface area contributed by atoms with Crippen molar-refractivity contribution >= 4 is 29.9 Å². The molecule has 1 aliphatic heterocycles. The van der Waals surface area contributed by atoms with Crippen LogP contribution >= 0.6 is 24.0 Å². The van der Waals surface area contributed by atoms with Gasteiger partial charge in [0.05, 0.1) is 13.2 Å². The predicted molar refractivity (Wildman–Crippen MR) is 106 cm³/mol. The van der Waals surface area contributed by atoms with Crippen LogP contribution in [0.1, 0.15) is 19.7 Å². The normalized spacial score (nSPS) is 17.2. The minimum Gasteiger partial charge on any atom is -0.379 e. The Morgan fingerprint density at radius 3 is 2.75 bits per heavy atom. The summed E-state index contributed by atoms with van der Waals surface area (Å²) in [6, 6.07) is 0.